The van der Waals surface area contributed by atoms with E-state index in [0.29, 0.717) is 11.8 Å². The largest absolute Gasteiger partial charge is 0.471 e. The topological polar surface area (TPSA) is 21.3 Å². The van der Waals surface area contributed by atoms with Crippen molar-refractivity contribution in [1.29, 1.82) is 0 Å². The summed E-state index contributed by atoms with van der Waals surface area (Å²) in [5.74, 6) is 0. The van der Waals surface area contributed by atoms with Gasteiger partial charge in [0.25, 0.3) is 5.17 Å². The summed E-state index contributed by atoms with van der Waals surface area (Å²) in [7, 11) is 0. The summed E-state index contributed by atoms with van der Waals surface area (Å²) in [6.45, 7) is 8.86. The maximum atomic E-state index is 5.10. The van der Waals surface area contributed by atoms with Gasteiger partial charge in [-0.3, -0.25) is 0 Å². The summed E-state index contributed by atoms with van der Waals surface area (Å²) in [5, 5.41) is 3.62. The molecular formula is C8H17NOS. The van der Waals surface area contributed by atoms with Crippen LogP contribution in [0.15, 0.2) is 0 Å². The van der Waals surface area contributed by atoms with Crippen LogP contribution in [0.25, 0.3) is 0 Å². The Hall–Kier alpha value is -0.310. The molecule has 0 aliphatic carbocycles. The highest BCUT2D eigenvalue weighted by Gasteiger charge is 2.15. The SMILES string of the molecule is CCOC(=S)NC(C)(C)CC. The lowest BCUT2D eigenvalue weighted by atomic mass is 10.0. The Balaban J connectivity index is 3.74. The first kappa shape index (κ1) is 10.7. The first-order chi connectivity index (χ1) is 5.02. The van der Waals surface area contributed by atoms with Crippen molar-refractivity contribution in [2.75, 3.05) is 6.61 Å². The van der Waals surface area contributed by atoms with E-state index in [1.165, 1.54) is 0 Å². The van der Waals surface area contributed by atoms with E-state index in [9.17, 15) is 0 Å². The van der Waals surface area contributed by atoms with Gasteiger partial charge in [-0.1, -0.05) is 6.92 Å². The maximum Gasteiger partial charge on any atom is 0.257 e. The Labute approximate surface area is 74.3 Å². The van der Waals surface area contributed by atoms with E-state index in [1.54, 1.807) is 0 Å². The quantitative estimate of drug-likeness (QED) is 0.664. The van der Waals surface area contributed by atoms with Gasteiger partial charge in [0.1, 0.15) is 0 Å². The smallest absolute Gasteiger partial charge is 0.257 e. The van der Waals surface area contributed by atoms with Crippen LogP contribution < -0.4 is 5.32 Å². The Kier molecular flexibility index (Phi) is 4.42. The van der Waals surface area contributed by atoms with Crippen molar-refractivity contribution in [2.24, 2.45) is 0 Å². The molecule has 0 saturated heterocycles. The number of hydrogen-bond donors (Lipinski definition) is 1. The molecule has 0 aliphatic heterocycles. The molecule has 0 amide bonds. The van der Waals surface area contributed by atoms with Crippen LogP contribution >= 0.6 is 12.2 Å². The van der Waals surface area contributed by atoms with Gasteiger partial charge >= 0.3 is 0 Å². The van der Waals surface area contributed by atoms with Crippen LogP contribution in [0, 0.1) is 0 Å². The van der Waals surface area contributed by atoms with Crippen LogP contribution in [0.1, 0.15) is 34.1 Å². The van der Waals surface area contributed by atoms with E-state index in [1.807, 2.05) is 6.92 Å². The predicted molar refractivity (Wildman–Crippen MR) is 51.7 cm³/mol. The number of thiocarbonyl (C=S) groups is 1. The molecule has 2 nitrogen and oxygen atoms in total. The van der Waals surface area contributed by atoms with Crippen LogP contribution in [0.4, 0.5) is 0 Å². The molecule has 0 bridgehead atoms. The highest BCUT2D eigenvalue weighted by atomic mass is 32.1. The van der Waals surface area contributed by atoms with E-state index in [2.05, 4.69) is 26.1 Å². The van der Waals surface area contributed by atoms with Crippen LogP contribution in [-0.4, -0.2) is 17.3 Å². The zero-order chi connectivity index (χ0) is 8.91. The second-order valence-electron chi connectivity index (χ2n) is 3.08. The number of hydrogen-bond acceptors (Lipinski definition) is 2. The van der Waals surface area contributed by atoms with Gasteiger partial charge in [0.15, 0.2) is 0 Å². The molecule has 0 unspecified atom stereocenters. The van der Waals surface area contributed by atoms with Crippen molar-refractivity contribution in [3.63, 3.8) is 0 Å². The molecule has 0 atom stereocenters. The van der Waals surface area contributed by atoms with Gasteiger partial charge in [-0.25, -0.2) is 0 Å². The summed E-state index contributed by atoms with van der Waals surface area (Å²) in [5.41, 5.74) is 0.0479. The molecule has 0 saturated carbocycles. The number of ether oxygens (including phenoxy) is 1. The fraction of sp³-hybridized carbons (Fsp3) is 0.875. The molecule has 1 N–H and O–H groups in total. The Morgan fingerprint density at radius 2 is 2.00 bits per heavy atom. The number of nitrogens with one attached hydrogen (secondary N) is 1. The molecule has 66 valence electrons. The molecule has 0 aromatic rings. The molecule has 0 rings (SSSR count). The molecular weight excluding hydrogens is 158 g/mol. The van der Waals surface area contributed by atoms with Crippen LogP contribution in [-0.2, 0) is 4.74 Å². The van der Waals surface area contributed by atoms with Crippen LogP contribution in [0.2, 0.25) is 0 Å². The first-order valence-corrected chi connectivity index (χ1v) is 4.37. The fourth-order valence-electron chi connectivity index (χ4n) is 0.532. The lowest BCUT2D eigenvalue weighted by Gasteiger charge is -2.25. The normalized spacial score (nSPS) is 10.9. The fourth-order valence-corrected chi connectivity index (χ4v) is 0.926. The summed E-state index contributed by atoms with van der Waals surface area (Å²) >= 11 is 4.93. The Bertz CT molecular complexity index is 134. The molecule has 0 aromatic carbocycles. The monoisotopic (exact) mass is 175 g/mol. The van der Waals surface area contributed by atoms with Crippen LogP contribution in [0.3, 0.4) is 0 Å². The summed E-state index contributed by atoms with van der Waals surface area (Å²) in [6.07, 6.45) is 1.03. The molecule has 0 fully saturated rings. The lowest BCUT2D eigenvalue weighted by Crippen LogP contribution is -2.42. The van der Waals surface area contributed by atoms with Gasteiger partial charge in [-0.2, -0.15) is 0 Å². The third-order valence-corrected chi connectivity index (χ3v) is 1.82. The van der Waals surface area contributed by atoms with Gasteiger partial charge < -0.3 is 10.1 Å². The summed E-state index contributed by atoms with van der Waals surface area (Å²) < 4.78 is 5.10. The Morgan fingerprint density at radius 3 is 2.36 bits per heavy atom. The standard InChI is InChI=1S/C8H17NOS/c1-5-8(3,4)9-7(11)10-6-2/h5-6H2,1-4H3,(H,9,11). The first-order valence-electron chi connectivity index (χ1n) is 3.96. The zero-order valence-corrected chi connectivity index (χ0v) is 8.55. The van der Waals surface area contributed by atoms with Gasteiger partial charge in [-0.05, 0) is 39.4 Å². The molecule has 0 aromatic heterocycles. The number of rotatable bonds is 3. The summed E-state index contributed by atoms with van der Waals surface area (Å²) in [6, 6.07) is 0. The minimum Gasteiger partial charge on any atom is -0.471 e. The molecule has 0 radical (unpaired) electrons. The van der Waals surface area contributed by atoms with Crippen molar-refractivity contribution in [3.05, 3.63) is 0 Å². The maximum absolute atomic E-state index is 5.10. The minimum atomic E-state index is 0.0479. The van der Waals surface area contributed by atoms with E-state index in [-0.39, 0.29) is 5.54 Å². The van der Waals surface area contributed by atoms with Crippen molar-refractivity contribution in [1.82, 2.24) is 5.32 Å². The molecule has 11 heavy (non-hydrogen) atoms. The Morgan fingerprint density at radius 1 is 1.45 bits per heavy atom. The highest BCUT2D eigenvalue weighted by molar-refractivity contribution is 7.80. The zero-order valence-electron chi connectivity index (χ0n) is 7.73. The molecule has 0 spiro atoms. The lowest BCUT2D eigenvalue weighted by molar-refractivity contribution is 0.297. The van der Waals surface area contributed by atoms with E-state index in [0.717, 1.165) is 6.42 Å². The minimum absolute atomic E-state index is 0.0479. The van der Waals surface area contributed by atoms with Crippen LogP contribution in [0.5, 0.6) is 0 Å². The molecule has 0 heterocycles. The second-order valence-corrected chi connectivity index (χ2v) is 3.45. The van der Waals surface area contributed by atoms with Crippen molar-refractivity contribution in [3.8, 4) is 0 Å². The highest BCUT2D eigenvalue weighted by Crippen LogP contribution is 2.06. The van der Waals surface area contributed by atoms with E-state index < -0.39 is 0 Å². The van der Waals surface area contributed by atoms with E-state index in [4.69, 9.17) is 17.0 Å². The third-order valence-electron chi connectivity index (χ3n) is 1.60. The van der Waals surface area contributed by atoms with Gasteiger partial charge in [0, 0.05) is 5.54 Å². The van der Waals surface area contributed by atoms with E-state index >= 15 is 0 Å². The average molecular weight is 175 g/mol. The van der Waals surface area contributed by atoms with Crippen molar-refractivity contribution in [2.45, 2.75) is 39.7 Å². The average Bonchev–Trinajstić information content (AvgIpc) is 1.87. The summed E-state index contributed by atoms with van der Waals surface area (Å²) in [4.78, 5) is 0. The van der Waals surface area contributed by atoms with Crippen molar-refractivity contribution < 1.29 is 4.74 Å². The van der Waals surface area contributed by atoms with Crippen molar-refractivity contribution >= 4 is 17.4 Å². The predicted octanol–water partition coefficient (Wildman–Crippen LogP) is 2.09. The van der Waals surface area contributed by atoms with Gasteiger partial charge in [-0.15, -0.1) is 0 Å². The second kappa shape index (κ2) is 4.54. The van der Waals surface area contributed by atoms with Gasteiger partial charge in [0.05, 0.1) is 6.61 Å². The molecule has 0 aliphatic rings. The molecule has 3 heteroatoms. The van der Waals surface area contributed by atoms with Gasteiger partial charge in [0.2, 0.25) is 0 Å². The third kappa shape index (κ3) is 5.01.